The summed E-state index contributed by atoms with van der Waals surface area (Å²) in [6, 6.07) is 8.69. The van der Waals surface area contributed by atoms with Crippen LogP contribution in [0.1, 0.15) is 40.5 Å². The third-order valence-electron chi connectivity index (χ3n) is 3.35. The predicted molar refractivity (Wildman–Crippen MR) is 85.9 cm³/mol. The molecule has 21 heavy (non-hydrogen) atoms. The summed E-state index contributed by atoms with van der Waals surface area (Å²) in [6.07, 6.45) is 2.34. The summed E-state index contributed by atoms with van der Waals surface area (Å²) in [5.74, 6) is 1.99. The van der Waals surface area contributed by atoms with Crippen molar-refractivity contribution in [1.29, 1.82) is 0 Å². The Morgan fingerprint density at radius 3 is 2.38 bits per heavy atom. The normalized spacial score (nSPS) is 11.6. The van der Waals surface area contributed by atoms with Crippen LogP contribution in [0, 0.1) is 11.8 Å². The quantitative estimate of drug-likeness (QED) is 0.814. The lowest BCUT2D eigenvalue weighted by Gasteiger charge is -2.23. The molecule has 0 saturated heterocycles. The Balaban J connectivity index is 2.11. The molecule has 5 nitrogen and oxygen atoms in total. The van der Waals surface area contributed by atoms with E-state index in [1.54, 1.807) is 0 Å². The Morgan fingerprint density at radius 1 is 1.10 bits per heavy atom. The average molecular weight is 287 g/mol. The van der Waals surface area contributed by atoms with Crippen LogP contribution in [0.5, 0.6) is 0 Å². The van der Waals surface area contributed by atoms with E-state index in [2.05, 4.69) is 65.8 Å². The maximum absolute atomic E-state index is 4.03. The number of hydrogen-bond donors (Lipinski definition) is 2. The summed E-state index contributed by atoms with van der Waals surface area (Å²) in [7, 11) is 0. The first-order valence-electron chi connectivity index (χ1n) is 7.65. The van der Waals surface area contributed by atoms with Crippen molar-refractivity contribution >= 4 is 5.69 Å². The molecule has 2 aromatic rings. The van der Waals surface area contributed by atoms with Gasteiger partial charge in [0.25, 0.3) is 0 Å². The van der Waals surface area contributed by atoms with Crippen molar-refractivity contribution in [3.05, 3.63) is 24.3 Å². The highest BCUT2D eigenvalue weighted by Gasteiger charge is 2.13. The molecule has 2 N–H and O–H groups in total. The molecule has 0 aliphatic rings. The monoisotopic (exact) mass is 287 g/mol. The number of nitrogens with one attached hydrogen (secondary N) is 2. The molecule has 1 heterocycles. The molecule has 0 aliphatic heterocycles. The summed E-state index contributed by atoms with van der Waals surface area (Å²) < 4.78 is 0. The summed E-state index contributed by atoms with van der Waals surface area (Å²) in [5, 5.41) is 17.8. The zero-order valence-corrected chi connectivity index (χ0v) is 13.3. The van der Waals surface area contributed by atoms with Crippen LogP contribution in [0.15, 0.2) is 24.3 Å². The number of aromatic amines is 1. The third kappa shape index (κ3) is 4.85. The zero-order chi connectivity index (χ0) is 15.2. The summed E-state index contributed by atoms with van der Waals surface area (Å²) in [4.78, 5) is 0. The number of anilines is 1. The van der Waals surface area contributed by atoms with E-state index in [4.69, 9.17) is 0 Å². The van der Waals surface area contributed by atoms with Crippen LogP contribution in [0.4, 0.5) is 5.69 Å². The van der Waals surface area contributed by atoms with Gasteiger partial charge in [0.1, 0.15) is 0 Å². The molecule has 0 atom stereocenters. The van der Waals surface area contributed by atoms with Crippen LogP contribution in [0.2, 0.25) is 0 Å². The molecule has 1 aromatic heterocycles. The maximum Gasteiger partial charge on any atom is 0.204 e. The van der Waals surface area contributed by atoms with Gasteiger partial charge in [0.2, 0.25) is 5.82 Å². The zero-order valence-electron chi connectivity index (χ0n) is 13.3. The summed E-state index contributed by atoms with van der Waals surface area (Å²) in [5.41, 5.74) is 2.09. The van der Waals surface area contributed by atoms with Gasteiger partial charge in [-0.15, -0.1) is 10.2 Å². The second-order valence-electron chi connectivity index (χ2n) is 6.42. The van der Waals surface area contributed by atoms with Crippen LogP contribution in [-0.4, -0.2) is 26.7 Å². The number of aromatic nitrogens is 4. The van der Waals surface area contributed by atoms with Gasteiger partial charge in [-0.25, -0.2) is 0 Å². The van der Waals surface area contributed by atoms with Crippen molar-refractivity contribution in [2.75, 3.05) is 5.32 Å². The minimum Gasteiger partial charge on any atom is -0.382 e. The van der Waals surface area contributed by atoms with Crippen molar-refractivity contribution in [2.24, 2.45) is 11.8 Å². The maximum atomic E-state index is 4.03. The van der Waals surface area contributed by atoms with Gasteiger partial charge in [0.15, 0.2) is 0 Å². The Bertz CT molecular complexity index is 523. The van der Waals surface area contributed by atoms with Gasteiger partial charge in [0.05, 0.1) is 0 Å². The Kier molecular flexibility index (Phi) is 5.31. The predicted octanol–water partition coefficient (Wildman–Crippen LogP) is 3.74. The van der Waals surface area contributed by atoms with Crippen LogP contribution in [0.3, 0.4) is 0 Å². The highest BCUT2D eigenvalue weighted by molar-refractivity contribution is 5.61. The summed E-state index contributed by atoms with van der Waals surface area (Å²) >= 11 is 0. The molecule has 114 valence electrons. The van der Waals surface area contributed by atoms with Crippen molar-refractivity contribution in [3.8, 4) is 11.4 Å². The number of tetrazole rings is 1. The molecule has 2 rings (SSSR count). The van der Waals surface area contributed by atoms with E-state index in [0.717, 1.165) is 11.3 Å². The van der Waals surface area contributed by atoms with E-state index in [-0.39, 0.29) is 0 Å². The van der Waals surface area contributed by atoms with E-state index >= 15 is 0 Å². The molecule has 0 unspecified atom stereocenters. The van der Waals surface area contributed by atoms with Crippen molar-refractivity contribution in [3.63, 3.8) is 0 Å². The van der Waals surface area contributed by atoms with Gasteiger partial charge in [-0.3, -0.25) is 0 Å². The Labute approximate surface area is 126 Å². The summed E-state index contributed by atoms with van der Waals surface area (Å²) in [6.45, 7) is 9.07. The lowest BCUT2D eigenvalue weighted by Crippen LogP contribution is -2.23. The molecule has 1 aromatic carbocycles. The molecule has 5 heteroatoms. The number of benzene rings is 1. The lowest BCUT2D eigenvalue weighted by atomic mass is 9.95. The molecule has 0 radical (unpaired) electrons. The highest BCUT2D eigenvalue weighted by atomic mass is 15.5. The van der Waals surface area contributed by atoms with Crippen LogP contribution in [-0.2, 0) is 0 Å². The molecular formula is C16H25N5. The first kappa shape index (κ1) is 15.5. The van der Waals surface area contributed by atoms with E-state index in [1.807, 2.05) is 12.1 Å². The first-order valence-corrected chi connectivity index (χ1v) is 7.65. The van der Waals surface area contributed by atoms with Gasteiger partial charge in [0, 0.05) is 17.3 Å². The number of hydrogen-bond acceptors (Lipinski definition) is 4. The molecule has 0 fully saturated rings. The molecule has 0 saturated carbocycles. The topological polar surface area (TPSA) is 66.5 Å². The Hall–Kier alpha value is -1.91. The third-order valence-corrected chi connectivity index (χ3v) is 3.35. The standard InChI is InChI=1S/C16H25N5/c1-11(2)8-15(9-12(3)4)17-14-7-5-6-13(10-14)16-18-20-21-19-16/h5-7,10-12,15,17H,8-9H2,1-4H3,(H,18,19,20,21). The second kappa shape index (κ2) is 7.20. The van der Waals surface area contributed by atoms with Crippen LogP contribution < -0.4 is 5.32 Å². The van der Waals surface area contributed by atoms with Crippen molar-refractivity contribution in [1.82, 2.24) is 20.6 Å². The van der Waals surface area contributed by atoms with Gasteiger partial charge in [-0.05, 0) is 42.0 Å². The number of H-pyrrole nitrogens is 1. The minimum atomic E-state index is 0.491. The SMILES string of the molecule is CC(C)CC(CC(C)C)Nc1cccc(-c2nn[nH]n2)c1. The van der Waals surface area contributed by atoms with Crippen LogP contribution in [0.25, 0.3) is 11.4 Å². The molecular weight excluding hydrogens is 262 g/mol. The molecule has 0 aliphatic carbocycles. The fourth-order valence-electron chi connectivity index (χ4n) is 2.62. The number of nitrogens with zero attached hydrogens (tertiary/aromatic N) is 3. The molecule has 0 bridgehead atoms. The van der Waals surface area contributed by atoms with Crippen molar-refractivity contribution in [2.45, 2.75) is 46.6 Å². The van der Waals surface area contributed by atoms with Gasteiger partial charge in [-0.1, -0.05) is 39.8 Å². The minimum absolute atomic E-state index is 0.491. The van der Waals surface area contributed by atoms with Crippen molar-refractivity contribution < 1.29 is 0 Å². The van der Waals surface area contributed by atoms with Gasteiger partial charge in [-0.2, -0.15) is 5.21 Å². The van der Waals surface area contributed by atoms with Crippen LogP contribution >= 0.6 is 0 Å². The van der Waals surface area contributed by atoms with E-state index < -0.39 is 0 Å². The number of rotatable bonds is 7. The van der Waals surface area contributed by atoms with E-state index in [0.29, 0.717) is 23.7 Å². The average Bonchev–Trinajstić information content (AvgIpc) is 2.91. The van der Waals surface area contributed by atoms with E-state index in [1.165, 1.54) is 12.8 Å². The van der Waals surface area contributed by atoms with E-state index in [9.17, 15) is 0 Å². The lowest BCUT2D eigenvalue weighted by molar-refractivity contribution is 0.442. The fourth-order valence-corrected chi connectivity index (χ4v) is 2.62. The van der Waals surface area contributed by atoms with Gasteiger partial charge >= 0.3 is 0 Å². The largest absolute Gasteiger partial charge is 0.382 e. The molecule has 0 spiro atoms. The highest BCUT2D eigenvalue weighted by Crippen LogP contribution is 2.22. The fraction of sp³-hybridized carbons (Fsp3) is 0.562. The Morgan fingerprint density at radius 2 is 1.81 bits per heavy atom. The van der Waals surface area contributed by atoms with Gasteiger partial charge < -0.3 is 5.32 Å². The molecule has 0 amide bonds. The smallest absolute Gasteiger partial charge is 0.204 e. The first-order chi connectivity index (χ1) is 10.0. The second-order valence-corrected chi connectivity index (χ2v) is 6.42.